The molecule has 4 aliphatic rings. The zero-order valence-corrected chi connectivity index (χ0v) is 23.9. The van der Waals surface area contributed by atoms with E-state index >= 15 is 0 Å². The van der Waals surface area contributed by atoms with Crippen molar-refractivity contribution in [3.63, 3.8) is 0 Å². The van der Waals surface area contributed by atoms with Crippen molar-refractivity contribution in [3.8, 4) is 0 Å². The summed E-state index contributed by atoms with van der Waals surface area (Å²) < 4.78 is 5.81. The van der Waals surface area contributed by atoms with Crippen molar-refractivity contribution in [2.75, 3.05) is 0 Å². The molecule has 4 aliphatic carbocycles. The van der Waals surface area contributed by atoms with Gasteiger partial charge in [-0.05, 0) is 98.4 Å². The molecule has 0 heterocycles. The average molecular weight is 511 g/mol. The number of carboxylic acids is 1. The van der Waals surface area contributed by atoms with Crippen molar-refractivity contribution in [1.82, 2.24) is 0 Å². The van der Waals surface area contributed by atoms with Gasteiger partial charge in [0.05, 0.1) is 0 Å². The Labute approximate surface area is 222 Å². The maximum Gasteiger partial charge on any atom is 0.330 e. The number of rotatable bonds is 7. The van der Waals surface area contributed by atoms with E-state index < -0.39 is 5.97 Å². The van der Waals surface area contributed by atoms with Crippen molar-refractivity contribution in [3.05, 3.63) is 34.4 Å². The van der Waals surface area contributed by atoms with Gasteiger partial charge in [0.15, 0.2) is 0 Å². The van der Waals surface area contributed by atoms with Crippen LogP contribution in [0.2, 0.25) is 0 Å². The standard InChI is InChI=1S/C32H46O5/c1-19(9-8-10-20(2)29(35)36)22-13-15-31(6)24-11-12-27-30(4,5)28(37-21(3)34)14-16-32(27,7)26(24)17-25(31)23(22)18-33/h10-11,18-19,25-28H,8-9,12-17H2,1-7H3,(H,35,36)/b20-10-/t19-,25?,26+,27+,28-,31+,32-/m1/s1. The van der Waals surface area contributed by atoms with Crippen molar-refractivity contribution in [2.45, 2.75) is 106 Å². The summed E-state index contributed by atoms with van der Waals surface area (Å²) in [5.41, 5.74) is 4.32. The third-order valence-corrected chi connectivity index (χ3v) is 11.2. The molecule has 4 rings (SSSR count). The van der Waals surface area contributed by atoms with Gasteiger partial charge >= 0.3 is 11.9 Å². The SMILES string of the molecule is CC(=O)O[C@@H]1CC[C@]2(C)[C@H]3CC4C(C=O)=C([C@H](C)CC/C=C(/C)C(=O)O)CC[C@@]4(C)C3=CC[C@H]2C1(C)C. The average Bonchev–Trinajstić information content (AvgIpc) is 3.13. The molecule has 0 aromatic rings. The molecule has 2 saturated carbocycles. The minimum atomic E-state index is -0.868. The number of carbonyl (C=O) groups is 3. The highest BCUT2D eigenvalue weighted by Gasteiger charge is 2.63. The molecule has 2 fully saturated rings. The van der Waals surface area contributed by atoms with Crippen LogP contribution in [0.3, 0.4) is 0 Å². The lowest BCUT2D eigenvalue weighted by atomic mass is 9.47. The fraction of sp³-hybridized carbons (Fsp3) is 0.719. The monoisotopic (exact) mass is 510 g/mol. The molecule has 0 aromatic heterocycles. The highest BCUT2D eigenvalue weighted by atomic mass is 16.5. The molecule has 1 N–H and O–H groups in total. The molecule has 0 radical (unpaired) electrons. The Bertz CT molecular complexity index is 1060. The first kappa shape index (κ1) is 27.9. The van der Waals surface area contributed by atoms with Crippen molar-refractivity contribution >= 4 is 18.2 Å². The van der Waals surface area contributed by atoms with E-state index in [0.29, 0.717) is 23.8 Å². The van der Waals surface area contributed by atoms with Crippen molar-refractivity contribution < 1.29 is 24.2 Å². The minimum Gasteiger partial charge on any atom is -0.478 e. The van der Waals surface area contributed by atoms with Gasteiger partial charge in [0.2, 0.25) is 0 Å². The molecule has 0 aliphatic heterocycles. The smallest absolute Gasteiger partial charge is 0.330 e. The van der Waals surface area contributed by atoms with Crippen molar-refractivity contribution in [2.24, 2.45) is 39.9 Å². The Kier molecular flexibility index (Phi) is 7.42. The van der Waals surface area contributed by atoms with Crippen LogP contribution in [0.1, 0.15) is 99.8 Å². The largest absolute Gasteiger partial charge is 0.478 e. The molecule has 1 unspecified atom stereocenters. The number of ether oxygens (including phenoxy) is 1. The summed E-state index contributed by atoms with van der Waals surface area (Å²) in [5, 5.41) is 9.15. The number of aldehydes is 1. The number of carbonyl (C=O) groups excluding carboxylic acids is 2. The first-order valence-electron chi connectivity index (χ1n) is 14.2. The molecular formula is C32H46O5. The van der Waals surface area contributed by atoms with E-state index in [9.17, 15) is 14.4 Å². The number of fused-ring (bicyclic) bond motifs is 5. The predicted octanol–water partition coefficient (Wildman–Crippen LogP) is 7.07. The quantitative estimate of drug-likeness (QED) is 0.171. The highest BCUT2D eigenvalue weighted by molar-refractivity contribution is 5.85. The maximum atomic E-state index is 12.6. The molecule has 37 heavy (non-hydrogen) atoms. The number of aliphatic carboxylic acids is 1. The lowest BCUT2D eigenvalue weighted by Gasteiger charge is -2.58. The van der Waals surface area contributed by atoms with Crippen LogP contribution in [0.4, 0.5) is 0 Å². The lowest BCUT2D eigenvalue weighted by molar-refractivity contribution is -0.171. The predicted molar refractivity (Wildman–Crippen MR) is 145 cm³/mol. The van der Waals surface area contributed by atoms with Gasteiger partial charge in [-0.25, -0.2) is 4.79 Å². The van der Waals surface area contributed by atoms with Crippen LogP contribution in [-0.4, -0.2) is 29.4 Å². The molecule has 5 nitrogen and oxygen atoms in total. The third-order valence-electron chi connectivity index (χ3n) is 11.2. The van der Waals surface area contributed by atoms with Crippen LogP contribution in [0.5, 0.6) is 0 Å². The third kappa shape index (κ3) is 4.55. The van der Waals surface area contributed by atoms with Crippen LogP contribution in [0.25, 0.3) is 0 Å². The van der Waals surface area contributed by atoms with E-state index in [1.807, 2.05) is 0 Å². The van der Waals surface area contributed by atoms with E-state index in [1.165, 1.54) is 12.5 Å². The van der Waals surface area contributed by atoms with Gasteiger partial charge < -0.3 is 9.84 Å². The van der Waals surface area contributed by atoms with Gasteiger partial charge in [0, 0.05) is 17.9 Å². The summed E-state index contributed by atoms with van der Waals surface area (Å²) in [4.78, 5) is 35.6. The summed E-state index contributed by atoms with van der Waals surface area (Å²) in [6, 6.07) is 0. The van der Waals surface area contributed by atoms with Crippen LogP contribution in [0, 0.1) is 39.9 Å². The number of hydrogen-bond donors (Lipinski definition) is 1. The Hall–Kier alpha value is -2.17. The zero-order chi connectivity index (χ0) is 27.3. The first-order chi connectivity index (χ1) is 17.3. The summed E-state index contributed by atoms with van der Waals surface area (Å²) in [6.45, 7) is 14.8. The first-order valence-corrected chi connectivity index (χ1v) is 14.2. The molecular weight excluding hydrogens is 464 g/mol. The van der Waals surface area contributed by atoms with Gasteiger partial charge in [-0.1, -0.05) is 57.9 Å². The molecule has 7 atom stereocenters. The second-order valence-corrected chi connectivity index (χ2v) is 13.4. The molecule has 0 saturated heterocycles. The van der Waals surface area contributed by atoms with Gasteiger partial charge in [0.1, 0.15) is 12.4 Å². The Morgan fingerprint density at radius 2 is 1.86 bits per heavy atom. The topological polar surface area (TPSA) is 80.7 Å². The summed E-state index contributed by atoms with van der Waals surface area (Å²) in [5.74, 6) is 0.331. The summed E-state index contributed by atoms with van der Waals surface area (Å²) in [6.07, 6.45) is 13.0. The lowest BCUT2D eigenvalue weighted by Crippen LogP contribution is -2.55. The zero-order valence-electron chi connectivity index (χ0n) is 23.9. The summed E-state index contributed by atoms with van der Waals surface area (Å²) in [7, 11) is 0. The molecule has 0 aromatic carbocycles. The van der Waals surface area contributed by atoms with Gasteiger partial charge in [-0.2, -0.15) is 0 Å². The second kappa shape index (κ2) is 9.85. The number of allylic oxidation sites excluding steroid dienone is 5. The van der Waals surface area contributed by atoms with Gasteiger partial charge in [-0.15, -0.1) is 0 Å². The number of carboxylic acid groups (broad SMARTS) is 1. The van der Waals surface area contributed by atoms with E-state index in [2.05, 4.69) is 40.7 Å². The van der Waals surface area contributed by atoms with Crippen LogP contribution in [-0.2, 0) is 19.1 Å². The Morgan fingerprint density at radius 1 is 1.16 bits per heavy atom. The fourth-order valence-electron chi connectivity index (χ4n) is 8.98. The van der Waals surface area contributed by atoms with E-state index in [-0.39, 0.29) is 40.2 Å². The fourth-order valence-corrected chi connectivity index (χ4v) is 8.98. The minimum absolute atomic E-state index is 0.0226. The maximum absolute atomic E-state index is 12.6. The van der Waals surface area contributed by atoms with E-state index in [0.717, 1.165) is 56.8 Å². The molecule has 204 valence electrons. The summed E-state index contributed by atoms with van der Waals surface area (Å²) >= 11 is 0. The molecule has 0 amide bonds. The molecule has 0 bridgehead atoms. The number of hydrogen-bond acceptors (Lipinski definition) is 4. The Morgan fingerprint density at radius 3 is 2.49 bits per heavy atom. The Balaban J connectivity index is 1.62. The van der Waals surface area contributed by atoms with E-state index in [4.69, 9.17) is 9.84 Å². The van der Waals surface area contributed by atoms with Gasteiger partial charge in [-0.3, -0.25) is 9.59 Å². The van der Waals surface area contributed by atoms with Crippen LogP contribution >= 0.6 is 0 Å². The highest BCUT2D eigenvalue weighted by Crippen LogP contribution is 2.70. The van der Waals surface area contributed by atoms with Crippen LogP contribution in [0.15, 0.2) is 34.4 Å². The number of esters is 1. The van der Waals surface area contributed by atoms with Crippen molar-refractivity contribution in [1.29, 1.82) is 0 Å². The van der Waals surface area contributed by atoms with E-state index in [1.54, 1.807) is 18.6 Å². The molecule has 5 heteroatoms. The normalized spacial score (nSPS) is 37.6. The van der Waals surface area contributed by atoms with Crippen LogP contribution < -0.4 is 0 Å². The van der Waals surface area contributed by atoms with Gasteiger partial charge in [0.25, 0.3) is 0 Å². The molecule has 0 spiro atoms. The second-order valence-electron chi connectivity index (χ2n) is 13.4.